The number of fused-ring (bicyclic) bond motifs is 1. The summed E-state index contributed by atoms with van der Waals surface area (Å²) in [5, 5.41) is 6.12. The van der Waals surface area contributed by atoms with E-state index in [-0.39, 0.29) is 5.78 Å². The SMILES string of the molecule is O=C(CSc1nn(-c2ccc(Cl)cc2)c(=S)s1)c1c[nH]c2ccccc12. The van der Waals surface area contributed by atoms with Crippen LogP contribution in [0.2, 0.25) is 5.02 Å². The molecule has 4 rings (SSSR count). The number of nitrogens with zero attached hydrogens (tertiary/aromatic N) is 2. The summed E-state index contributed by atoms with van der Waals surface area (Å²) in [6.07, 6.45) is 1.77. The van der Waals surface area contributed by atoms with Crippen LogP contribution >= 0.6 is 46.9 Å². The van der Waals surface area contributed by atoms with Gasteiger partial charge in [0.25, 0.3) is 0 Å². The van der Waals surface area contributed by atoms with Crippen molar-refractivity contribution in [2.24, 2.45) is 0 Å². The van der Waals surface area contributed by atoms with E-state index in [9.17, 15) is 4.79 Å². The van der Waals surface area contributed by atoms with Crippen molar-refractivity contribution in [1.29, 1.82) is 0 Å². The number of benzene rings is 2. The molecular formula is C18H12ClN3OS3. The fraction of sp³-hybridized carbons (Fsp3) is 0.0556. The van der Waals surface area contributed by atoms with Crippen LogP contribution in [-0.4, -0.2) is 26.3 Å². The first-order valence-corrected chi connectivity index (χ1v) is 10.3. The first-order chi connectivity index (χ1) is 12.6. The lowest BCUT2D eigenvalue weighted by Crippen LogP contribution is -2.01. The third-order valence-corrected chi connectivity index (χ3v) is 6.43. The van der Waals surface area contributed by atoms with Gasteiger partial charge in [-0.05, 0) is 42.5 Å². The van der Waals surface area contributed by atoms with Gasteiger partial charge in [-0.1, -0.05) is 52.9 Å². The molecule has 0 fully saturated rings. The number of thioether (sulfide) groups is 1. The molecule has 0 amide bonds. The van der Waals surface area contributed by atoms with Crippen LogP contribution in [0.15, 0.2) is 59.1 Å². The second-order valence-electron chi connectivity index (χ2n) is 5.48. The highest BCUT2D eigenvalue weighted by Gasteiger charge is 2.14. The van der Waals surface area contributed by atoms with Gasteiger partial charge in [0.05, 0.1) is 11.4 Å². The molecule has 0 aliphatic carbocycles. The van der Waals surface area contributed by atoms with E-state index in [0.29, 0.717) is 20.3 Å². The summed E-state index contributed by atoms with van der Waals surface area (Å²) in [5.74, 6) is 0.372. The number of aromatic amines is 1. The number of carbonyl (C=O) groups is 1. The van der Waals surface area contributed by atoms with E-state index in [1.807, 2.05) is 36.4 Å². The maximum absolute atomic E-state index is 12.6. The highest BCUT2D eigenvalue weighted by molar-refractivity contribution is 8.01. The van der Waals surface area contributed by atoms with Crippen molar-refractivity contribution in [1.82, 2.24) is 14.8 Å². The Bertz CT molecular complexity index is 1140. The Morgan fingerprint density at radius 1 is 1.23 bits per heavy atom. The number of carbonyl (C=O) groups excluding carboxylic acids is 1. The van der Waals surface area contributed by atoms with Crippen molar-refractivity contribution in [3.63, 3.8) is 0 Å². The zero-order chi connectivity index (χ0) is 18.1. The standard InChI is InChI=1S/C18H12ClN3OS3/c19-11-5-7-12(8-6-11)22-18(24)26-17(21-22)25-10-16(23)14-9-20-15-4-2-1-3-13(14)15/h1-9,20H,10H2. The Hall–Kier alpha value is -1.93. The topological polar surface area (TPSA) is 50.7 Å². The van der Waals surface area contributed by atoms with Crippen molar-refractivity contribution in [3.8, 4) is 5.69 Å². The van der Waals surface area contributed by atoms with Crippen molar-refractivity contribution in [2.45, 2.75) is 4.34 Å². The van der Waals surface area contributed by atoms with Crippen LogP contribution in [0.25, 0.3) is 16.6 Å². The summed E-state index contributed by atoms with van der Waals surface area (Å²) in [6, 6.07) is 15.1. The number of hydrogen-bond acceptors (Lipinski definition) is 5. The van der Waals surface area contributed by atoms with E-state index in [1.165, 1.54) is 23.1 Å². The van der Waals surface area contributed by atoms with Crippen molar-refractivity contribution in [3.05, 3.63) is 69.3 Å². The fourth-order valence-electron chi connectivity index (χ4n) is 2.57. The zero-order valence-electron chi connectivity index (χ0n) is 13.3. The molecule has 130 valence electrons. The van der Waals surface area contributed by atoms with Crippen LogP contribution in [0.1, 0.15) is 10.4 Å². The Morgan fingerprint density at radius 3 is 2.81 bits per heavy atom. The number of Topliss-reactive ketones (excluding diaryl/α,β-unsaturated/α-hetero) is 1. The maximum atomic E-state index is 12.6. The number of halogens is 1. The molecular weight excluding hydrogens is 406 g/mol. The molecule has 4 aromatic rings. The molecule has 2 aromatic heterocycles. The van der Waals surface area contributed by atoms with Crippen LogP contribution in [0.4, 0.5) is 0 Å². The van der Waals surface area contributed by atoms with Gasteiger partial charge in [0.15, 0.2) is 14.1 Å². The number of H-pyrrole nitrogens is 1. The summed E-state index contributed by atoms with van der Waals surface area (Å²) in [5.41, 5.74) is 2.52. The van der Waals surface area contributed by atoms with Gasteiger partial charge < -0.3 is 4.98 Å². The molecule has 26 heavy (non-hydrogen) atoms. The average Bonchev–Trinajstić information content (AvgIpc) is 3.24. The zero-order valence-corrected chi connectivity index (χ0v) is 16.5. The molecule has 0 saturated heterocycles. The Balaban J connectivity index is 1.51. The smallest absolute Gasteiger partial charge is 0.184 e. The van der Waals surface area contributed by atoms with Crippen molar-refractivity contribution in [2.75, 3.05) is 5.75 Å². The molecule has 0 aliphatic heterocycles. The molecule has 2 aromatic carbocycles. The van der Waals surface area contributed by atoms with Crippen LogP contribution in [0.3, 0.4) is 0 Å². The van der Waals surface area contributed by atoms with Gasteiger partial charge in [-0.25, -0.2) is 4.68 Å². The Labute approximate surface area is 167 Å². The van der Waals surface area contributed by atoms with E-state index in [1.54, 1.807) is 23.0 Å². The van der Waals surface area contributed by atoms with Gasteiger partial charge in [-0.15, -0.1) is 5.10 Å². The Morgan fingerprint density at radius 2 is 2.00 bits per heavy atom. The lowest BCUT2D eigenvalue weighted by Gasteiger charge is -2.00. The van der Waals surface area contributed by atoms with E-state index in [4.69, 9.17) is 23.8 Å². The van der Waals surface area contributed by atoms with E-state index >= 15 is 0 Å². The minimum atomic E-state index is 0.0617. The molecule has 0 radical (unpaired) electrons. The number of hydrogen-bond donors (Lipinski definition) is 1. The van der Waals surface area contributed by atoms with Crippen molar-refractivity contribution >= 4 is 63.6 Å². The average molecular weight is 418 g/mol. The molecule has 0 unspecified atom stereocenters. The summed E-state index contributed by atoms with van der Waals surface area (Å²) >= 11 is 14.1. The van der Waals surface area contributed by atoms with Gasteiger partial charge in [0, 0.05) is 27.7 Å². The lowest BCUT2D eigenvalue weighted by atomic mass is 10.1. The minimum absolute atomic E-state index is 0.0617. The lowest BCUT2D eigenvalue weighted by molar-refractivity contribution is 0.102. The monoisotopic (exact) mass is 417 g/mol. The molecule has 0 bridgehead atoms. The van der Waals surface area contributed by atoms with Crippen molar-refractivity contribution < 1.29 is 4.79 Å². The van der Waals surface area contributed by atoms with Crippen LogP contribution < -0.4 is 0 Å². The molecule has 1 N–H and O–H groups in total. The summed E-state index contributed by atoms with van der Waals surface area (Å²) in [4.78, 5) is 15.7. The number of aromatic nitrogens is 3. The molecule has 0 aliphatic rings. The second-order valence-corrected chi connectivity index (χ2v) is 8.76. The summed E-state index contributed by atoms with van der Waals surface area (Å²) < 4.78 is 3.09. The molecule has 2 heterocycles. The van der Waals surface area contributed by atoms with Gasteiger partial charge in [0.2, 0.25) is 0 Å². The molecule has 8 heteroatoms. The van der Waals surface area contributed by atoms with E-state index in [2.05, 4.69) is 10.1 Å². The van der Waals surface area contributed by atoms with Gasteiger partial charge in [-0.3, -0.25) is 4.79 Å². The quantitative estimate of drug-likeness (QED) is 0.254. The second kappa shape index (κ2) is 7.36. The Kier molecular flexibility index (Phi) is 4.95. The highest BCUT2D eigenvalue weighted by Crippen LogP contribution is 2.26. The number of ketones is 1. The predicted molar refractivity (Wildman–Crippen MR) is 111 cm³/mol. The normalized spacial score (nSPS) is 11.1. The van der Waals surface area contributed by atoms with Crippen LogP contribution in [0, 0.1) is 3.95 Å². The third kappa shape index (κ3) is 3.48. The summed E-state index contributed by atoms with van der Waals surface area (Å²) in [6.45, 7) is 0. The number of para-hydroxylation sites is 1. The fourth-order valence-corrected chi connectivity index (χ4v) is 4.94. The molecule has 4 nitrogen and oxygen atoms in total. The first kappa shape index (κ1) is 17.5. The summed E-state index contributed by atoms with van der Waals surface area (Å²) in [7, 11) is 0. The molecule has 0 saturated carbocycles. The minimum Gasteiger partial charge on any atom is -0.360 e. The number of rotatable bonds is 5. The van der Waals surface area contributed by atoms with Gasteiger partial charge in [0.1, 0.15) is 0 Å². The van der Waals surface area contributed by atoms with E-state index in [0.717, 1.165) is 20.9 Å². The predicted octanol–water partition coefficient (Wildman–Crippen LogP) is 5.77. The van der Waals surface area contributed by atoms with Gasteiger partial charge >= 0.3 is 0 Å². The largest absolute Gasteiger partial charge is 0.360 e. The maximum Gasteiger partial charge on any atom is 0.184 e. The van der Waals surface area contributed by atoms with Crippen LogP contribution in [-0.2, 0) is 0 Å². The molecule has 0 atom stereocenters. The number of nitrogens with one attached hydrogen (secondary N) is 1. The van der Waals surface area contributed by atoms with Crippen LogP contribution in [0.5, 0.6) is 0 Å². The first-order valence-electron chi connectivity index (χ1n) is 7.70. The van der Waals surface area contributed by atoms with E-state index < -0.39 is 0 Å². The highest BCUT2D eigenvalue weighted by atomic mass is 35.5. The van der Waals surface area contributed by atoms with Gasteiger partial charge in [-0.2, -0.15) is 0 Å². The molecule has 0 spiro atoms. The third-order valence-electron chi connectivity index (χ3n) is 3.82.